The van der Waals surface area contributed by atoms with Crippen molar-refractivity contribution in [3.63, 3.8) is 0 Å². The molecule has 0 amide bonds. The summed E-state index contributed by atoms with van der Waals surface area (Å²) in [6, 6.07) is 9.10. The van der Waals surface area contributed by atoms with Crippen molar-refractivity contribution < 1.29 is 33.8 Å². The van der Waals surface area contributed by atoms with Crippen LogP contribution in [-0.4, -0.2) is 33.5 Å². The van der Waals surface area contributed by atoms with E-state index in [4.69, 9.17) is 21.8 Å². The molecule has 0 aromatic heterocycles. The van der Waals surface area contributed by atoms with E-state index >= 15 is 0 Å². The molecule has 0 radical (unpaired) electrons. The van der Waals surface area contributed by atoms with Crippen molar-refractivity contribution in [3.8, 4) is 5.75 Å². The molecule has 0 atom stereocenters. The SMILES string of the molecule is CC(=O)CC(C(C)=O)(C(C)=O)c1cc(Cl)ccc1C.CCC(=O)O.CCc1cc(O)ccc1F. The van der Waals surface area contributed by atoms with Crippen molar-refractivity contribution in [1.29, 1.82) is 0 Å². The summed E-state index contributed by atoms with van der Waals surface area (Å²) in [7, 11) is 0. The van der Waals surface area contributed by atoms with Crippen molar-refractivity contribution >= 4 is 34.9 Å². The molecule has 34 heavy (non-hydrogen) atoms. The van der Waals surface area contributed by atoms with Crippen LogP contribution in [0.15, 0.2) is 36.4 Å². The third kappa shape index (κ3) is 9.06. The molecule has 2 rings (SSSR count). The summed E-state index contributed by atoms with van der Waals surface area (Å²) in [4.78, 5) is 45.0. The largest absolute Gasteiger partial charge is 0.508 e. The number of aromatic hydroxyl groups is 1. The number of carboxylic acid groups (broad SMARTS) is 1. The first kappa shape index (κ1) is 30.9. The maximum Gasteiger partial charge on any atom is 0.303 e. The van der Waals surface area contributed by atoms with Crippen LogP contribution >= 0.6 is 11.6 Å². The van der Waals surface area contributed by atoms with Crippen molar-refractivity contribution in [2.24, 2.45) is 0 Å². The van der Waals surface area contributed by atoms with Gasteiger partial charge in [-0.2, -0.15) is 0 Å². The second kappa shape index (κ2) is 14.3. The number of rotatable bonds is 7. The molecule has 0 unspecified atom stereocenters. The van der Waals surface area contributed by atoms with Crippen LogP contribution in [0.25, 0.3) is 0 Å². The Hall–Kier alpha value is -3.06. The second-order valence-electron chi connectivity index (χ2n) is 7.73. The minimum absolute atomic E-state index is 0.123. The molecule has 0 saturated heterocycles. The number of carbonyl (C=O) groups is 4. The molecule has 0 spiro atoms. The first-order valence-electron chi connectivity index (χ1n) is 10.7. The van der Waals surface area contributed by atoms with Gasteiger partial charge in [0.05, 0.1) is 0 Å². The molecule has 0 aliphatic carbocycles. The summed E-state index contributed by atoms with van der Waals surface area (Å²) in [5.41, 5.74) is 0.437. The van der Waals surface area contributed by atoms with E-state index in [9.17, 15) is 23.6 Å². The minimum atomic E-state index is -1.42. The van der Waals surface area contributed by atoms with E-state index in [1.165, 1.54) is 39.0 Å². The fourth-order valence-corrected chi connectivity index (χ4v) is 3.40. The van der Waals surface area contributed by atoms with Gasteiger partial charge in [0.1, 0.15) is 34.3 Å². The zero-order valence-corrected chi connectivity index (χ0v) is 21.1. The smallest absolute Gasteiger partial charge is 0.303 e. The third-order valence-electron chi connectivity index (χ3n) is 5.09. The summed E-state index contributed by atoms with van der Waals surface area (Å²) in [6.45, 7) is 9.29. The summed E-state index contributed by atoms with van der Waals surface area (Å²) >= 11 is 5.96. The number of hydrogen-bond donors (Lipinski definition) is 2. The molecule has 6 nitrogen and oxygen atoms in total. The van der Waals surface area contributed by atoms with E-state index in [-0.39, 0.29) is 41.8 Å². The zero-order chi connectivity index (χ0) is 26.6. The molecule has 0 aliphatic rings. The van der Waals surface area contributed by atoms with E-state index in [2.05, 4.69) is 0 Å². The number of carboxylic acids is 1. The Morgan fingerprint density at radius 2 is 1.50 bits per heavy atom. The predicted molar refractivity (Wildman–Crippen MR) is 130 cm³/mol. The van der Waals surface area contributed by atoms with E-state index in [0.29, 0.717) is 22.6 Å². The maximum atomic E-state index is 12.7. The molecule has 0 aliphatic heterocycles. The number of benzene rings is 2. The highest BCUT2D eigenvalue weighted by Gasteiger charge is 2.44. The quantitative estimate of drug-likeness (QED) is 0.483. The molecule has 0 bridgehead atoms. The van der Waals surface area contributed by atoms with E-state index in [1.54, 1.807) is 32.0 Å². The van der Waals surface area contributed by atoms with E-state index in [0.717, 1.165) is 5.56 Å². The van der Waals surface area contributed by atoms with Crippen molar-refractivity contribution in [1.82, 2.24) is 0 Å². The number of aliphatic carboxylic acids is 1. The van der Waals surface area contributed by atoms with Crippen LogP contribution in [0.3, 0.4) is 0 Å². The number of Topliss-reactive ketones (excluding diaryl/α,β-unsaturated/α-hetero) is 3. The average molecular weight is 495 g/mol. The van der Waals surface area contributed by atoms with Crippen LogP contribution in [0.4, 0.5) is 4.39 Å². The maximum absolute atomic E-state index is 12.7. The topological polar surface area (TPSA) is 109 Å². The lowest BCUT2D eigenvalue weighted by molar-refractivity contribution is -0.137. The highest BCUT2D eigenvalue weighted by Crippen LogP contribution is 2.35. The summed E-state index contributed by atoms with van der Waals surface area (Å²) in [6.07, 6.45) is 0.707. The van der Waals surface area contributed by atoms with Crippen molar-refractivity contribution in [3.05, 3.63) is 63.9 Å². The number of aryl methyl sites for hydroxylation is 2. The van der Waals surface area contributed by atoms with Gasteiger partial charge in [-0.3, -0.25) is 19.2 Å². The number of phenolic OH excluding ortho intramolecular Hbond substituents is 1. The van der Waals surface area contributed by atoms with Crippen molar-refractivity contribution in [2.75, 3.05) is 0 Å². The third-order valence-corrected chi connectivity index (χ3v) is 5.32. The van der Waals surface area contributed by atoms with Gasteiger partial charge in [0.15, 0.2) is 0 Å². The van der Waals surface area contributed by atoms with Gasteiger partial charge in [-0.15, -0.1) is 0 Å². The van der Waals surface area contributed by atoms with Gasteiger partial charge >= 0.3 is 5.97 Å². The standard InChI is InChI=1S/C15H17ClO3.C8H9FO.C3H6O2/c1-9-5-6-13(16)7-14(9)15(11(3)18,12(4)19)8-10(2)17;1-2-6-5-7(10)3-4-8(6)9;1-2-3(4)5/h5-7H,8H2,1-4H3;3-5,10H,2H2,1H3;2H2,1H3,(H,4,5). The predicted octanol–water partition coefficient (Wildman–Crippen LogP) is 5.62. The van der Waals surface area contributed by atoms with Crippen LogP contribution in [0, 0.1) is 12.7 Å². The number of carbonyl (C=O) groups excluding carboxylic acids is 3. The van der Waals surface area contributed by atoms with Crippen LogP contribution in [0.1, 0.15) is 64.2 Å². The lowest BCUT2D eigenvalue weighted by Gasteiger charge is -2.29. The first-order chi connectivity index (χ1) is 15.7. The Balaban J connectivity index is 0.000000601. The lowest BCUT2D eigenvalue weighted by atomic mass is 9.69. The van der Waals surface area contributed by atoms with Gasteiger partial charge in [-0.1, -0.05) is 31.5 Å². The molecule has 0 fully saturated rings. The number of halogens is 2. The van der Waals surface area contributed by atoms with Crippen LogP contribution in [0.2, 0.25) is 5.02 Å². The molecule has 2 aromatic rings. The molecular weight excluding hydrogens is 463 g/mol. The number of ketones is 3. The second-order valence-corrected chi connectivity index (χ2v) is 8.17. The van der Waals surface area contributed by atoms with Gasteiger partial charge in [-0.05, 0) is 81.1 Å². The molecule has 8 heteroatoms. The van der Waals surface area contributed by atoms with E-state index < -0.39 is 11.4 Å². The molecular formula is C26H32ClFO6. The average Bonchev–Trinajstić information content (AvgIpc) is 2.75. The van der Waals surface area contributed by atoms with E-state index in [1.807, 2.05) is 6.92 Å². The molecule has 0 saturated carbocycles. The summed E-state index contributed by atoms with van der Waals surface area (Å²) in [5, 5.41) is 17.1. The Labute approximate surface area is 204 Å². The van der Waals surface area contributed by atoms with Crippen molar-refractivity contribution in [2.45, 2.75) is 66.2 Å². The molecule has 186 valence electrons. The fourth-order valence-electron chi connectivity index (χ4n) is 3.23. The van der Waals surface area contributed by atoms with Gasteiger partial charge in [-0.25, -0.2) is 4.39 Å². The Morgan fingerprint density at radius 3 is 1.88 bits per heavy atom. The monoisotopic (exact) mass is 494 g/mol. The van der Waals surface area contributed by atoms with Crippen LogP contribution in [0.5, 0.6) is 5.75 Å². The molecule has 2 N–H and O–H groups in total. The van der Waals surface area contributed by atoms with Gasteiger partial charge < -0.3 is 10.2 Å². The van der Waals surface area contributed by atoms with Crippen LogP contribution < -0.4 is 0 Å². The Morgan fingerprint density at radius 1 is 0.971 bits per heavy atom. The molecule has 2 aromatic carbocycles. The highest BCUT2D eigenvalue weighted by atomic mass is 35.5. The van der Waals surface area contributed by atoms with Gasteiger partial charge in [0.2, 0.25) is 0 Å². The normalized spacial score (nSPS) is 10.2. The Kier molecular flexibility index (Phi) is 13.0. The Bertz CT molecular complexity index is 1020. The number of hydrogen-bond acceptors (Lipinski definition) is 5. The summed E-state index contributed by atoms with van der Waals surface area (Å²) < 4.78 is 12.7. The number of phenols is 1. The fraction of sp³-hybridized carbons (Fsp3) is 0.385. The zero-order valence-electron chi connectivity index (χ0n) is 20.4. The first-order valence-corrected chi connectivity index (χ1v) is 11.1. The summed E-state index contributed by atoms with van der Waals surface area (Å²) in [5.74, 6) is -1.74. The van der Waals surface area contributed by atoms with Gasteiger partial charge in [0, 0.05) is 17.9 Å². The highest BCUT2D eigenvalue weighted by molar-refractivity contribution is 6.30. The molecule has 0 heterocycles. The minimum Gasteiger partial charge on any atom is -0.508 e. The van der Waals surface area contributed by atoms with Gasteiger partial charge in [0.25, 0.3) is 0 Å². The lowest BCUT2D eigenvalue weighted by Crippen LogP contribution is -2.43. The van der Waals surface area contributed by atoms with Crippen LogP contribution in [-0.2, 0) is 31.0 Å².